The third-order valence-electron chi connectivity index (χ3n) is 3.66. The highest BCUT2D eigenvalue weighted by atomic mass is 32.2. The van der Waals surface area contributed by atoms with Crippen molar-refractivity contribution in [2.45, 2.75) is 25.2 Å². The summed E-state index contributed by atoms with van der Waals surface area (Å²) in [6, 6.07) is 11.9. The first kappa shape index (κ1) is 19.7. The first-order valence-corrected chi connectivity index (χ1v) is 9.73. The Kier molecular flexibility index (Phi) is 6.52. The lowest BCUT2D eigenvalue weighted by molar-refractivity contribution is -0.384. The molecule has 2 aromatic carbocycles. The van der Waals surface area contributed by atoms with Gasteiger partial charge in [-0.1, -0.05) is 26.0 Å². The molecule has 0 aromatic heterocycles. The van der Waals surface area contributed by atoms with Gasteiger partial charge in [-0.25, -0.2) is 8.42 Å². The molecule has 0 saturated heterocycles. The van der Waals surface area contributed by atoms with Crippen LogP contribution in [0.3, 0.4) is 0 Å². The van der Waals surface area contributed by atoms with Crippen molar-refractivity contribution < 1.29 is 18.1 Å². The van der Waals surface area contributed by atoms with E-state index in [4.69, 9.17) is 4.74 Å². The van der Waals surface area contributed by atoms with Gasteiger partial charge < -0.3 is 4.74 Å². The van der Waals surface area contributed by atoms with Crippen molar-refractivity contribution in [1.29, 1.82) is 0 Å². The second kappa shape index (κ2) is 8.62. The van der Waals surface area contributed by atoms with Gasteiger partial charge in [-0.3, -0.25) is 10.1 Å². The molecule has 0 atom stereocenters. The summed E-state index contributed by atoms with van der Waals surface area (Å²) in [4.78, 5) is 10.1. The van der Waals surface area contributed by atoms with Crippen LogP contribution < -0.4 is 4.74 Å². The van der Waals surface area contributed by atoms with Crippen molar-refractivity contribution in [3.05, 3.63) is 69.6 Å². The van der Waals surface area contributed by atoms with Crippen molar-refractivity contribution in [2.75, 3.05) is 6.61 Å². The van der Waals surface area contributed by atoms with Crippen molar-refractivity contribution in [3.8, 4) is 5.75 Å². The Morgan fingerprint density at radius 3 is 2.23 bits per heavy atom. The number of non-ortho nitro benzene ring substituents is 1. The van der Waals surface area contributed by atoms with E-state index in [0.717, 1.165) is 17.6 Å². The van der Waals surface area contributed by atoms with E-state index in [0.29, 0.717) is 18.1 Å². The third-order valence-corrected chi connectivity index (χ3v) is 5.08. The van der Waals surface area contributed by atoms with Crippen LogP contribution in [0.4, 0.5) is 5.69 Å². The molecule has 6 nitrogen and oxygen atoms in total. The molecular formula is C19H21NO5S. The average molecular weight is 375 g/mol. The fraction of sp³-hybridized carbons (Fsp3) is 0.263. The first-order valence-electron chi connectivity index (χ1n) is 8.18. The SMILES string of the molecule is CC(C)CCOc1ccc(/C=C/S(=O)(=O)c2ccc([N+](=O)[O-])cc2)cc1. The van der Waals surface area contributed by atoms with Crippen molar-refractivity contribution >= 4 is 21.6 Å². The van der Waals surface area contributed by atoms with Crippen LogP contribution in [-0.2, 0) is 9.84 Å². The molecule has 2 rings (SSSR count). The molecule has 0 bridgehead atoms. The predicted molar refractivity (Wildman–Crippen MR) is 101 cm³/mol. The maximum atomic E-state index is 12.3. The van der Waals surface area contributed by atoms with Crippen LogP contribution in [0.25, 0.3) is 6.08 Å². The van der Waals surface area contributed by atoms with Gasteiger partial charge in [0, 0.05) is 17.5 Å². The number of nitrogens with zero attached hydrogens (tertiary/aromatic N) is 1. The minimum atomic E-state index is -3.67. The highest BCUT2D eigenvalue weighted by molar-refractivity contribution is 7.94. The number of hydrogen-bond acceptors (Lipinski definition) is 5. The molecule has 2 aromatic rings. The highest BCUT2D eigenvalue weighted by Crippen LogP contribution is 2.19. The molecule has 0 radical (unpaired) electrons. The summed E-state index contributed by atoms with van der Waals surface area (Å²) in [5.74, 6) is 1.31. The smallest absolute Gasteiger partial charge is 0.269 e. The predicted octanol–water partition coefficient (Wildman–Crippen LogP) is 4.46. The van der Waals surface area contributed by atoms with Crippen LogP contribution in [-0.4, -0.2) is 19.9 Å². The molecule has 0 aliphatic rings. The summed E-state index contributed by atoms with van der Waals surface area (Å²) >= 11 is 0. The van der Waals surface area contributed by atoms with E-state index in [9.17, 15) is 18.5 Å². The Morgan fingerprint density at radius 2 is 1.69 bits per heavy atom. The van der Waals surface area contributed by atoms with Gasteiger partial charge in [0.05, 0.1) is 16.4 Å². The van der Waals surface area contributed by atoms with Gasteiger partial charge in [-0.15, -0.1) is 0 Å². The van der Waals surface area contributed by atoms with Crippen LogP contribution in [0.5, 0.6) is 5.75 Å². The Morgan fingerprint density at radius 1 is 1.08 bits per heavy atom. The van der Waals surface area contributed by atoms with Gasteiger partial charge in [-0.05, 0) is 48.2 Å². The second-order valence-corrected chi connectivity index (χ2v) is 8.03. The van der Waals surface area contributed by atoms with Gasteiger partial charge in [0.1, 0.15) is 5.75 Å². The zero-order valence-electron chi connectivity index (χ0n) is 14.7. The van der Waals surface area contributed by atoms with Gasteiger partial charge in [-0.2, -0.15) is 0 Å². The van der Waals surface area contributed by atoms with Gasteiger partial charge in [0.2, 0.25) is 0 Å². The number of hydrogen-bond donors (Lipinski definition) is 0. The number of sulfone groups is 1. The van der Waals surface area contributed by atoms with E-state index in [1.54, 1.807) is 24.3 Å². The summed E-state index contributed by atoms with van der Waals surface area (Å²) in [5.41, 5.74) is 0.563. The van der Waals surface area contributed by atoms with Crippen LogP contribution in [0.2, 0.25) is 0 Å². The molecule has 0 unspecified atom stereocenters. The number of rotatable bonds is 8. The lowest BCUT2D eigenvalue weighted by Gasteiger charge is -2.08. The van der Waals surface area contributed by atoms with E-state index in [-0.39, 0.29) is 10.6 Å². The van der Waals surface area contributed by atoms with Crippen molar-refractivity contribution in [2.24, 2.45) is 5.92 Å². The summed E-state index contributed by atoms with van der Waals surface area (Å²) < 4.78 is 30.2. The normalized spacial score (nSPS) is 11.8. The van der Waals surface area contributed by atoms with Crippen LogP contribution in [0.1, 0.15) is 25.8 Å². The first-order chi connectivity index (χ1) is 12.3. The fourth-order valence-electron chi connectivity index (χ4n) is 2.09. The standard InChI is InChI=1S/C19H21NO5S/c1-15(2)11-13-25-18-7-3-16(4-8-18)12-14-26(23,24)19-9-5-17(6-10-19)20(21)22/h3-10,12,14-15H,11,13H2,1-2H3/b14-12+. The van der Waals surface area contributed by atoms with Crippen molar-refractivity contribution in [3.63, 3.8) is 0 Å². The summed E-state index contributed by atoms with van der Waals surface area (Å²) in [6.07, 6.45) is 2.45. The molecule has 0 heterocycles. The molecule has 0 aliphatic heterocycles. The molecule has 7 heteroatoms. The van der Waals surface area contributed by atoms with E-state index in [2.05, 4.69) is 13.8 Å². The molecule has 26 heavy (non-hydrogen) atoms. The quantitative estimate of drug-likeness (QED) is 0.502. The molecule has 0 amide bonds. The number of nitro benzene ring substituents is 1. The maximum Gasteiger partial charge on any atom is 0.269 e. The maximum absolute atomic E-state index is 12.3. The summed E-state index contributed by atoms with van der Waals surface area (Å²) in [7, 11) is -3.67. The molecule has 0 spiro atoms. The highest BCUT2D eigenvalue weighted by Gasteiger charge is 2.12. The van der Waals surface area contributed by atoms with Crippen LogP contribution >= 0.6 is 0 Å². The molecule has 0 saturated carbocycles. The van der Waals surface area contributed by atoms with E-state index in [1.807, 2.05) is 0 Å². The molecule has 0 aliphatic carbocycles. The van der Waals surface area contributed by atoms with Crippen molar-refractivity contribution in [1.82, 2.24) is 0 Å². The Labute approximate surface area is 153 Å². The van der Waals surface area contributed by atoms with E-state index in [1.165, 1.54) is 30.3 Å². The lowest BCUT2D eigenvalue weighted by atomic mass is 10.1. The molecule has 0 fully saturated rings. The Bertz CT molecular complexity index is 869. The number of benzene rings is 2. The van der Waals surface area contributed by atoms with Crippen LogP contribution in [0, 0.1) is 16.0 Å². The monoisotopic (exact) mass is 375 g/mol. The summed E-state index contributed by atoms with van der Waals surface area (Å²) in [5, 5.41) is 11.7. The van der Waals surface area contributed by atoms with Gasteiger partial charge in [0.25, 0.3) is 5.69 Å². The molecular weight excluding hydrogens is 354 g/mol. The minimum Gasteiger partial charge on any atom is -0.494 e. The average Bonchev–Trinajstić information content (AvgIpc) is 2.61. The fourth-order valence-corrected chi connectivity index (χ4v) is 3.10. The van der Waals surface area contributed by atoms with Gasteiger partial charge >= 0.3 is 0 Å². The number of ether oxygens (including phenoxy) is 1. The third kappa shape index (κ3) is 5.70. The van der Waals surface area contributed by atoms with Gasteiger partial charge in [0.15, 0.2) is 9.84 Å². The Hall–Kier alpha value is -2.67. The molecule has 0 N–H and O–H groups in total. The second-order valence-electron chi connectivity index (χ2n) is 6.20. The Balaban J connectivity index is 2.04. The molecule has 138 valence electrons. The largest absolute Gasteiger partial charge is 0.494 e. The van der Waals surface area contributed by atoms with E-state index < -0.39 is 14.8 Å². The zero-order valence-corrected chi connectivity index (χ0v) is 15.5. The topological polar surface area (TPSA) is 86.5 Å². The zero-order chi connectivity index (χ0) is 19.2. The minimum absolute atomic E-state index is 0.00740. The number of nitro groups is 1. The lowest BCUT2D eigenvalue weighted by Crippen LogP contribution is -2.01. The van der Waals surface area contributed by atoms with Crippen LogP contribution in [0.15, 0.2) is 58.8 Å². The summed E-state index contributed by atoms with van der Waals surface area (Å²) in [6.45, 7) is 4.90. The van der Waals surface area contributed by atoms with E-state index >= 15 is 0 Å².